The van der Waals surface area contributed by atoms with E-state index in [0.29, 0.717) is 40.9 Å². The number of nitrogens with zero attached hydrogens (tertiary/aromatic N) is 2. The number of para-hydroxylation sites is 1. The summed E-state index contributed by atoms with van der Waals surface area (Å²) in [5.74, 6) is 1.83. The zero-order valence-corrected chi connectivity index (χ0v) is 23.5. The summed E-state index contributed by atoms with van der Waals surface area (Å²) in [4.78, 5) is 9.29. The van der Waals surface area contributed by atoms with Gasteiger partial charge < -0.3 is 20.7 Å². The monoisotopic (exact) mass is 623 g/mol. The van der Waals surface area contributed by atoms with Crippen molar-refractivity contribution in [1.82, 2.24) is 15.3 Å². The molecule has 0 bridgehead atoms. The molecule has 3 N–H and O–H groups in total. The fourth-order valence-corrected chi connectivity index (χ4v) is 4.85. The Morgan fingerprint density at radius 2 is 1.76 bits per heavy atom. The number of anilines is 2. The van der Waals surface area contributed by atoms with Crippen LogP contribution in [0.5, 0.6) is 5.75 Å². The quantitative estimate of drug-likeness (QED) is 0.223. The molecule has 0 atom stereocenters. The minimum Gasteiger partial charge on any atom is -0.405 e. The number of halogens is 6. The van der Waals surface area contributed by atoms with Crippen molar-refractivity contribution in [3.63, 3.8) is 0 Å². The van der Waals surface area contributed by atoms with E-state index in [-0.39, 0.29) is 30.6 Å². The molecule has 1 heterocycles. The van der Waals surface area contributed by atoms with Gasteiger partial charge in [-0.15, -0.1) is 38.0 Å². The lowest BCUT2D eigenvalue weighted by molar-refractivity contribution is -0.274. The molecule has 0 amide bonds. The Morgan fingerprint density at radius 3 is 2.46 bits per heavy atom. The largest absolute Gasteiger partial charge is 0.573 e. The summed E-state index contributed by atoms with van der Waals surface area (Å²) in [6, 6.07) is 13.0. The van der Waals surface area contributed by atoms with E-state index >= 15 is 0 Å². The fraction of sp³-hybridized carbons (Fsp3) is 0.440. The first kappa shape index (κ1) is 31.2. The van der Waals surface area contributed by atoms with Crippen LogP contribution in [0.2, 0.25) is 0 Å². The maximum atomic E-state index is 12.7. The first-order valence-corrected chi connectivity index (χ1v) is 12.6. The molecule has 0 spiro atoms. The van der Waals surface area contributed by atoms with Gasteiger partial charge in [0, 0.05) is 22.9 Å². The predicted octanol–water partition coefficient (Wildman–Crippen LogP) is 6.98. The van der Waals surface area contributed by atoms with Gasteiger partial charge in [-0.2, -0.15) is 4.98 Å². The van der Waals surface area contributed by atoms with Crippen molar-refractivity contribution >= 4 is 63.4 Å². The zero-order valence-electron chi connectivity index (χ0n) is 20.3. The predicted molar refractivity (Wildman–Crippen MR) is 150 cm³/mol. The van der Waals surface area contributed by atoms with E-state index in [2.05, 4.69) is 46.6 Å². The number of alkyl halides is 3. The second-order valence-corrected chi connectivity index (χ2v) is 9.69. The van der Waals surface area contributed by atoms with Gasteiger partial charge in [0.1, 0.15) is 11.6 Å². The summed E-state index contributed by atoms with van der Waals surface area (Å²) in [6.45, 7) is 1.43. The van der Waals surface area contributed by atoms with Gasteiger partial charge >= 0.3 is 6.36 Å². The van der Waals surface area contributed by atoms with Gasteiger partial charge in [0.25, 0.3) is 0 Å². The molecular weight excluding hydrogens is 594 g/mol. The Hall–Kier alpha value is -2.01. The van der Waals surface area contributed by atoms with Crippen LogP contribution in [0, 0.1) is 5.92 Å². The summed E-state index contributed by atoms with van der Waals surface area (Å²) >= 11 is 3.20. The third-order valence-electron chi connectivity index (χ3n) is 6.28. The van der Waals surface area contributed by atoms with Gasteiger partial charge in [0.15, 0.2) is 0 Å². The summed E-state index contributed by atoms with van der Waals surface area (Å²) in [7, 11) is 1.86. The third-order valence-corrected chi connectivity index (χ3v) is 6.77. The fourth-order valence-electron chi connectivity index (χ4n) is 4.51. The third kappa shape index (κ3) is 9.05. The molecule has 0 radical (unpaired) electrons. The smallest absolute Gasteiger partial charge is 0.405 e. The molecule has 12 heteroatoms. The van der Waals surface area contributed by atoms with Crippen LogP contribution in [-0.2, 0) is 6.42 Å². The van der Waals surface area contributed by atoms with Crippen LogP contribution in [0.25, 0.3) is 10.9 Å². The lowest BCUT2D eigenvalue weighted by Gasteiger charge is -2.29. The van der Waals surface area contributed by atoms with E-state index in [1.165, 1.54) is 6.07 Å². The highest BCUT2D eigenvalue weighted by molar-refractivity contribution is 9.10. The number of hydrogen-bond donors (Lipinski definition) is 3. The average Bonchev–Trinajstić information content (AvgIpc) is 2.82. The van der Waals surface area contributed by atoms with E-state index in [1.54, 1.807) is 12.1 Å². The highest BCUT2D eigenvalue weighted by Crippen LogP contribution is 2.30. The Bertz CT molecular complexity index is 1150. The number of ether oxygens (including phenoxy) is 1. The number of rotatable bonds is 9. The Balaban J connectivity index is 0.00000241. The molecule has 2 aromatic carbocycles. The van der Waals surface area contributed by atoms with Crippen LogP contribution in [0.3, 0.4) is 0 Å². The van der Waals surface area contributed by atoms with Crippen LogP contribution >= 0.6 is 40.7 Å². The van der Waals surface area contributed by atoms with Crippen molar-refractivity contribution in [2.75, 3.05) is 30.8 Å². The van der Waals surface area contributed by atoms with Crippen molar-refractivity contribution in [3.8, 4) is 5.75 Å². The van der Waals surface area contributed by atoms with Gasteiger partial charge in [0.2, 0.25) is 5.95 Å². The summed E-state index contributed by atoms with van der Waals surface area (Å²) < 4.78 is 42.8. The Kier molecular flexibility index (Phi) is 12.0. The van der Waals surface area contributed by atoms with E-state index in [4.69, 9.17) is 0 Å². The number of aromatic nitrogens is 2. The van der Waals surface area contributed by atoms with E-state index in [9.17, 15) is 13.2 Å². The molecule has 0 saturated heterocycles. The molecule has 0 aliphatic heterocycles. The maximum absolute atomic E-state index is 12.7. The summed E-state index contributed by atoms with van der Waals surface area (Å²) in [5, 5.41) is 11.0. The van der Waals surface area contributed by atoms with Gasteiger partial charge in [-0.1, -0.05) is 34.1 Å². The van der Waals surface area contributed by atoms with Crippen LogP contribution in [0.4, 0.5) is 24.9 Å². The van der Waals surface area contributed by atoms with Crippen molar-refractivity contribution in [3.05, 3.63) is 52.5 Å². The van der Waals surface area contributed by atoms with Gasteiger partial charge in [-0.05, 0) is 80.9 Å². The highest BCUT2D eigenvalue weighted by atomic mass is 79.9. The molecule has 6 nitrogen and oxygen atoms in total. The normalized spacial score (nSPS) is 17.4. The minimum atomic E-state index is -4.71. The minimum absolute atomic E-state index is 0. The first-order valence-electron chi connectivity index (χ1n) is 11.8. The SMILES string of the molecule is CNc1nc(NC2CCC(CNCCc3ccc(Br)cc3OC(F)(F)F)CC2)nc2ccccc12.Cl.Cl. The second kappa shape index (κ2) is 14.2. The molecule has 1 aromatic heterocycles. The molecule has 0 unspecified atom stereocenters. The number of nitrogens with one attached hydrogen (secondary N) is 3. The molecule has 1 saturated carbocycles. The zero-order chi connectivity index (χ0) is 24.8. The molecule has 37 heavy (non-hydrogen) atoms. The average molecular weight is 625 g/mol. The maximum Gasteiger partial charge on any atom is 0.573 e. The van der Waals surface area contributed by atoms with E-state index < -0.39 is 6.36 Å². The summed E-state index contributed by atoms with van der Waals surface area (Å²) in [6.07, 6.45) is -0.0675. The van der Waals surface area contributed by atoms with E-state index in [0.717, 1.165) is 48.9 Å². The topological polar surface area (TPSA) is 71.1 Å². The Labute approximate surface area is 235 Å². The van der Waals surface area contributed by atoms with Crippen molar-refractivity contribution in [2.45, 2.75) is 44.5 Å². The standard InChI is InChI=1S/C25H29BrF3N5O.2ClH/c1-30-23-20-4-2-3-5-21(20)33-24(34-23)32-19-10-6-16(7-11-19)15-31-13-12-17-8-9-18(26)14-22(17)35-25(27,28)29;;/h2-5,8-9,14,16,19,31H,6-7,10-13,15H2,1H3,(H2,30,32,33,34);2*1H. The number of hydrogen-bond acceptors (Lipinski definition) is 6. The molecule has 4 rings (SSSR count). The first-order chi connectivity index (χ1) is 16.8. The molecule has 1 fully saturated rings. The molecular formula is C25H31BrCl2F3N5O. The van der Waals surface area contributed by atoms with Crippen LogP contribution in [0.1, 0.15) is 31.2 Å². The van der Waals surface area contributed by atoms with E-state index in [1.807, 2.05) is 31.3 Å². The van der Waals surface area contributed by atoms with Gasteiger partial charge in [-0.25, -0.2) is 4.98 Å². The van der Waals surface area contributed by atoms with Crippen molar-refractivity contribution in [1.29, 1.82) is 0 Å². The molecule has 3 aromatic rings. The summed E-state index contributed by atoms with van der Waals surface area (Å²) in [5.41, 5.74) is 1.43. The number of fused-ring (bicyclic) bond motifs is 1. The highest BCUT2D eigenvalue weighted by Gasteiger charge is 2.32. The number of benzene rings is 2. The molecule has 204 valence electrons. The van der Waals surface area contributed by atoms with Gasteiger partial charge in [-0.3, -0.25) is 0 Å². The van der Waals surface area contributed by atoms with Crippen LogP contribution in [-0.4, -0.2) is 42.5 Å². The molecule has 1 aliphatic rings. The lowest BCUT2D eigenvalue weighted by Crippen LogP contribution is -2.32. The lowest BCUT2D eigenvalue weighted by atomic mass is 9.86. The Morgan fingerprint density at radius 1 is 1.03 bits per heavy atom. The van der Waals surface area contributed by atoms with Crippen LogP contribution in [0.15, 0.2) is 46.9 Å². The van der Waals surface area contributed by atoms with Crippen LogP contribution < -0.4 is 20.7 Å². The molecule has 1 aliphatic carbocycles. The second-order valence-electron chi connectivity index (χ2n) is 8.78. The van der Waals surface area contributed by atoms with Crippen molar-refractivity contribution < 1.29 is 17.9 Å². The van der Waals surface area contributed by atoms with Crippen molar-refractivity contribution in [2.24, 2.45) is 5.92 Å². The van der Waals surface area contributed by atoms with Gasteiger partial charge in [0.05, 0.1) is 5.52 Å².